The molecule has 3 rings (SSSR count). The molecule has 0 radical (unpaired) electrons. The Morgan fingerprint density at radius 3 is 2.59 bits per heavy atom. The lowest BCUT2D eigenvalue weighted by Crippen LogP contribution is -2.42. The van der Waals surface area contributed by atoms with Crippen molar-refractivity contribution < 1.29 is 9.59 Å². The molecule has 0 bridgehead atoms. The zero-order chi connectivity index (χ0) is 15.5. The summed E-state index contributed by atoms with van der Waals surface area (Å²) in [5.41, 5.74) is 5.94. The lowest BCUT2D eigenvalue weighted by molar-refractivity contribution is 0.0842. The van der Waals surface area contributed by atoms with Crippen molar-refractivity contribution in [2.75, 3.05) is 0 Å². The first-order chi connectivity index (χ1) is 10.6. The molecule has 7 heteroatoms. The van der Waals surface area contributed by atoms with Crippen molar-refractivity contribution >= 4 is 38.6 Å². The van der Waals surface area contributed by atoms with Crippen molar-refractivity contribution in [2.24, 2.45) is 0 Å². The van der Waals surface area contributed by atoms with Crippen LogP contribution in [0.25, 0.3) is 10.9 Å². The van der Waals surface area contributed by atoms with Gasteiger partial charge in [0.1, 0.15) is 11.4 Å². The van der Waals surface area contributed by atoms with Gasteiger partial charge in [0.05, 0.1) is 5.52 Å². The lowest BCUT2D eigenvalue weighted by atomic mass is 10.2. The van der Waals surface area contributed by atoms with Gasteiger partial charge in [0.25, 0.3) is 11.8 Å². The standard InChI is InChI=1S/C15H11BrN4O2/c16-10-7-13(17-8-10)15(22)20-19-14(21)12-6-5-9-3-1-2-4-11(9)18-12/h1-8,17H,(H,19,21)(H,20,22). The summed E-state index contributed by atoms with van der Waals surface area (Å²) in [4.78, 5) is 30.8. The number of H-pyrrole nitrogens is 1. The Morgan fingerprint density at radius 1 is 1.05 bits per heavy atom. The van der Waals surface area contributed by atoms with E-state index in [2.05, 4.69) is 36.7 Å². The molecule has 0 fully saturated rings. The summed E-state index contributed by atoms with van der Waals surface area (Å²) in [7, 11) is 0. The van der Waals surface area contributed by atoms with E-state index in [1.165, 1.54) is 0 Å². The average molecular weight is 359 g/mol. The van der Waals surface area contributed by atoms with Crippen LogP contribution in [0.2, 0.25) is 0 Å². The summed E-state index contributed by atoms with van der Waals surface area (Å²) < 4.78 is 0.750. The van der Waals surface area contributed by atoms with E-state index in [9.17, 15) is 9.59 Å². The summed E-state index contributed by atoms with van der Waals surface area (Å²) in [5.74, 6) is -0.926. The summed E-state index contributed by atoms with van der Waals surface area (Å²) in [6.07, 6.45) is 1.63. The van der Waals surface area contributed by atoms with Gasteiger partial charge in [-0.2, -0.15) is 0 Å². The number of amides is 2. The van der Waals surface area contributed by atoms with Crippen LogP contribution >= 0.6 is 15.9 Å². The highest BCUT2D eigenvalue weighted by Gasteiger charge is 2.11. The predicted octanol–water partition coefficient (Wildman–Crippen LogP) is 2.40. The van der Waals surface area contributed by atoms with Crippen LogP contribution in [-0.2, 0) is 0 Å². The Bertz CT molecular complexity index is 859. The fraction of sp³-hybridized carbons (Fsp3) is 0. The molecule has 2 amide bonds. The zero-order valence-corrected chi connectivity index (χ0v) is 12.8. The topological polar surface area (TPSA) is 86.9 Å². The van der Waals surface area contributed by atoms with Gasteiger partial charge in [-0.3, -0.25) is 20.4 Å². The van der Waals surface area contributed by atoms with Gasteiger partial charge >= 0.3 is 0 Å². The van der Waals surface area contributed by atoms with Crippen molar-refractivity contribution in [1.29, 1.82) is 0 Å². The number of pyridine rings is 1. The van der Waals surface area contributed by atoms with Gasteiger partial charge < -0.3 is 4.98 Å². The fourth-order valence-corrected chi connectivity index (χ4v) is 2.28. The molecule has 2 heterocycles. The molecule has 3 aromatic rings. The van der Waals surface area contributed by atoms with E-state index in [1.54, 1.807) is 24.4 Å². The largest absolute Gasteiger partial charge is 0.356 e. The second kappa shape index (κ2) is 5.98. The maximum absolute atomic E-state index is 12.0. The lowest BCUT2D eigenvalue weighted by Gasteiger charge is -2.06. The van der Waals surface area contributed by atoms with E-state index >= 15 is 0 Å². The number of carbonyl (C=O) groups excluding carboxylic acids is 2. The van der Waals surface area contributed by atoms with Crippen molar-refractivity contribution in [2.45, 2.75) is 0 Å². The number of nitrogens with zero attached hydrogens (tertiary/aromatic N) is 1. The number of hydrogen-bond donors (Lipinski definition) is 3. The molecule has 110 valence electrons. The molecular weight excluding hydrogens is 348 g/mol. The normalized spacial score (nSPS) is 10.4. The Morgan fingerprint density at radius 2 is 1.82 bits per heavy atom. The first-order valence-electron chi connectivity index (χ1n) is 6.44. The third-order valence-corrected chi connectivity index (χ3v) is 3.47. The molecule has 0 atom stereocenters. The minimum Gasteiger partial charge on any atom is -0.356 e. The quantitative estimate of drug-likeness (QED) is 0.614. The number of hydrogen-bond acceptors (Lipinski definition) is 3. The van der Waals surface area contributed by atoms with Gasteiger partial charge in [0.2, 0.25) is 0 Å². The number of fused-ring (bicyclic) bond motifs is 1. The van der Waals surface area contributed by atoms with E-state index in [0.717, 1.165) is 15.4 Å². The van der Waals surface area contributed by atoms with E-state index in [1.807, 2.05) is 24.3 Å². The van der Waals surface area contributed by atoms with Gasteiger partial charge in [-0.25, -0.2) is 4.98 Å². The van der Waals surface area contributed by atoms with Crippen molar-refractivity contribution in [3.8, 4) is 0 Å². The molecule has 1 aromatic carbocycles. The molecule has 6 nitrogen and oxygen atoms in total. The molecule has 0 saturated carbocycles. The summed E-state index contributed by atoms with van der Waals surface area (Å²) in [6.45, 7) is 0. The van der Waals surface area contributed by atoms with E-state index in [4.69, 9.17) is 0 Å². The van der Waals surface area contributed by atoms with Crippen LogP contribution in [0.15, 0.2) is 53.1 Å². The predicted molar refractivity (Wildman–Crippen MR) is 85.2 cm³/mol. The number of carbonyl (C=O) groups is 2. The molecule has 0 saturated heterocycles. The number of para-hydroxylation sites is 1. The van der Waals surface area contributed by atoms with Crippen LogP contribution in [0, 0.1) is 0 Å². The monoisotopic (exact) mass is 358 g/mol. The van der Waals surface area contributed by atoms with Crippen LogP contribution in [-0.4, -0.2) is 21.8 Å². The number of halogens is 1. The molecule has 0 spiro atoms. The number of rotatable bonds is 2. The Labute approximate surface area is 134 Å². The number of hydrazine groups is 1. The van der Waals surface area contributed by atoms with Crippen molar-refractivity contribution in [3.05, 3.63) is 64.5 Å². The zero-order valence-electron chi connectivity index (χ0n) is 11.3. The summed E-state index contributed by atoms with van der Waals surface area (Å²) in [5, 5.41) is 0.944. The van der Waals surface area contributed by atoms with Gasteiger partial charge in [0.15, 0.2) is 0 Å². The molecule has 3 N–H and O–H groups in total. The number of benzene rings is 1. The SMILES string of the molecule is O=C(NNC(=O)c1cc(Br)c[nH]1)c1ccc2ccccc2n1. The second-order valence-electron chi connectivity index (χ2n) is 4.53. The third kappa shape index (κ3) is 2.99. The maximum Gasteiger partial charge on any atom is 0.288 e. The highest BCUT2D eigenvalue weighted by atomic mass is 79.9. The van der Waals surface area contributed by atoms with E-state index in [0.29, 0.717) is 5.69 Å². The van der Waals surface area contributed by atoms with E-state index in [-0.39, 0.29) is 5.69 Å². The van der Waals surface area contributed by atoms with Crippen LogP contribution in [0.3, 0.4) is 0 Å². The van der Waals surface area contributed by atoms with Crippen LogP contribution in [0.1, 0.15) is 21.0 Å². The Kier molecular flexibility index (Phi) is 3.88. The highest BCUT2D eigenvalue weighted by molar-refractivity contribution is 9.10. The van der Waals surface area contributed by atoms with Gasteiger partial charge in [-0.05, 0) is 34.1 Å². The van der Waals surface area contributed by atoms with Crippen LogP contribution in [0.5, 0.6) is 0 Å². The van der Waals surface area contributed by atoms with Gasteiger partial charge in [-0.1, -0.05) is 24.3 Å². The molecule has 22 heavy (non-hydrogen) atoms. The van der Waals surface area contributed by atoms with Gasteiger partial charge in [-0.15, -0.1) is 0 Å². The molecule has 2 aromatic heterocycles. The Balaban J connectivity index is 1.69. The van der Waals surface area contributed by atoms with Crippen LogP contribution in [0.4, 0.5) is 0 Å². The number of aromatic nitrogens is 2. The Hall–Kier alpha value is -2.67. The highest BCUT2D eigenvalue weighted by Crippen LogP contribution is 2.12. The van der Waals surface area contributed by atoms with Gasteiger partial charge in [0, 0.05) is 16.1 Å². The molecule has 0 aliphatic carbocycles. The number of nitrogens with one attached hydrogen (secondary N) is 3. The fourth-order valence-electron chi connectivity index (χ4n) is 1.94. The third-order valence-electron chi connectivity index (χ3n) is 3.01. The van der Waals surface area contributed by atoms with Crippen molar-refractivity contribution in [1.82, 2.24) is 20.8 Å². The number of aromatic amines is 1. The molecular formula is C15H11BrN4O2. The van der Waals surface area contributed by atoms with E-state index < -0.39 is 11.8 Å². The van der Waals surface area contributed by atoms with Crippen molar-refractivity contribution in [3.63, 3.8) is 0 Å². The first-order valence-corrected chi connectivity index (χ1v) is 7.23. The smallest absolute Gasteiger partial charge is 0.288 e. The maximum atomic E-state index is 12.0. The second-order valence-corrected chi connectivity index (χ2v) is 5.44. The molecule has 0 unspecified atom stereocenters. The molecule has 0 aliphatic heterocycles. The minimum atomic E-state index is -0.482. The summed E-state index contributed by atoms with van der Waals surface area (Å²) >= 11 is 3.23. The summed E-state index contributed by atoms with van der Waals surface area (Å²) in [6, 6.07) is 12.5. The average Bonchev–Trinajstić information content (AvgIpc) is 2.98. The molecule has 0 aliphatic rings. The first kappa shape index (κ1) is 14.3. The van der Waals surface area contributed by atoms with Crippen LogP contribution < -0.4 is 10.9 Å². The minimum absolute atomic E-state index is 0.228.